The molecule has 0 radical (unpaired) electrons. The molecule has 1 aromatic heterocycles. The number of carbonyl (C=O) groups is 1. The molecule has 1 saturated carbocycles. The zero-order valence-electron chi connectivity index (χ0n) is 11.0. The zero-order valence-corrected chi connectivity index (χ0v) is 11.0. The van der Waals surface area contributed by atoms with Crippen LogP contribution in [0.4, 0.5) is 0 Å². The molecule has 2 aromatic rings. The summed E-state index contributed by atoms with van der Waals surface area (Å²) in [6.45, 7) is 0. The maximum Gasteiger partial charge on any atom is 0.292 e. The molecule has 1 fully saturated rings. The summed E-state index contributed by atoms with van der Waals surface area (Å²) in [4.78, 5) is 15.8. The molecule has 1 heterocycles. The van der Waals surface area contributed by atoms with Gasteiger partial charge in [0, 0.05) is 6.04 Å². The Labute approximate surface area is 116 Å². The van der Waals surface area contributed by atoms with Gasteiger partial charge < -0.3 is 15.6 Å². The van der Waals surface area contributed by atoms with Crippen LogP contribution < -0.4 is 11.1 Å². The number of aromatic nitrogens is 2. The average molecular weight is 272 g/mol. The van der Waals surface area contributed by atoms with Gasteiger partial charge >= 0.3 is 0 Å². The number of nitrogens with one attached hydrogen (secondary N) is 1. The van der Waals surface area contributed by atoms with Crippen molar-refractivity contribution >= 4 is 5.91 Å². The Hall–Kier alpha value is -2.21. The summed E-state index contributed by atoms with van der Waals surface area (Å²) in [6.07, 6.45) is 2.63. The first-order valence-corrected chi connectivity index (χ1v) is 6.66. The molecule has 0 bridgehead atoms. The topological polar surface area (TPSA) is 94.0 Å². The highest BCUT2D eigenvalue weighted by atomic mass is 16.5. The first kappa shape index (κ1) is 12.8. The standard InChI is InChI=1S/C14H16N4O2/c15-11(8-9-4-2-1-3-5-9)14-17-12(18-20-14)13(19)16-10-6-7-10/h1-5,10-11H,6-8,15H2,(H,16,19)/t11-/m1/s1. The first-order chi connectivity index (χ1) is 9.72. The van der Waals surface area contributed by atoms with Gasteiger partial charge in [-0.3, -0.25) is 4.79 Å². The SMILES string of the molecule is N[C@H](Cc1ccccc1)c1nc(C(=O)NC2CC2)no1. The van der Waals surface area contributed by atoms with E-state index < -0.39 is 6.04 Å². The van der Waals surface area contributed by atoms with Crippen molar-refractivity contribution in [3.8, 4) is 0 Å². The molecule has 6 nitrogen and oxygen atoms in total. The van der Waals surface area contributed by atoms with Crippen LogP contribution in [-0.2, 0) is 6.42 Å². The van der Waals surface area contributed by atoms with Crippen molar-refractivity contribution in [2.75, 3.05) is 0 Å². The van der Waals surface area contributed by atoms with E-state index in [1.165, 1.54) is 0 Å². The third-order valence-corrected chi connectivity index (χ3v) is 3.17. The molecule has 0 unspecified atom stereocenters. The Bertz CT molecular complexity index is 592. The van der Waals surface area contributed by atoms with Gasteiger partial charge in [-0.05, 0) is 24.8 Å². The van der Waals surface area contributed by atoms with Crippen molar-refractivity contribution < 1.29 is 9.32 Å². The maximum atomic E-state index is 11.8. The fourth-order valence-corrected chi connectivity index (χ4v) is 1.91. The number of hydrogen-bond acceptors (Lipinski definition) is 5. The van der Waals surface area contributed by atoms with Crippen LogP contribution in [0.15, 0.2) is 34.9 Å². The van der Waals surface area contributed by atoms with Crippen LogP contribution in [-0.4, -0.2) is 22.1 Å². The fourth-order valence-electron chi connectivity index (χ4n) is 1.91. The molecule has 0 aliphatic heterocycles. The lowest BCUT2D eigenvalue weighted by atomic mass is 10.1. The van der Waals surface area contributed by atoms with Gasteiger partial charge in [0.15, 0.2) is 0 Å². The minimum Gasteiger partial charge on any atom is -0.346 e. The van der Waals surface area contributed by atoms with E-state index in [9.17, 15) is 4.79 Å². The lowest BCUT2D eigenvalue weighted by Gasteiger charge is -2.05. The average Bonchev–Trinajstić information content (AvgIpc) is 3.12. The number of benzene rings is 1. The van der Waals surface area contributed by atoms with Gasteiger partial charge in [0.05, 0.1) is 6.04 Å². The van der Waals surface area contributed by atoms with Crippen LogP contribution in [0.5, 0.6) is 0 Å². The number of carbonyl (C=O) groups excluding carboxylic acids is 1. The van der Waals surface area contributed by atoms with Gasteiger partial charge in [0.2, 0.25) is 5.89 Å². The van der Waals surface area contributed by atoms with E-state index in [1.807, 2.05) is 30.3 Å². The number of amides is 1. The summed E-state index contributed by atoms with van der Waals surface area (Å²) in [5.41, 5.74) is 7.11. The Morgan fingerprint density at radius 2 is 2.15 bits per heavy atom. The van der Waals surface area contributed by atoms with Gasteiger partial charge in [0.25, 0.3) is 11.7 Å². The second kappa shape index (κ2) is 5.42. The molecule has 1 aliphatic rings. The number of nitrogens with two attached hydrogens (primary N) is 1. The fraction of sp³-hybridized carbons (Fsp3) is 0.357. The van der Waals surface area contributed by atoms with Crippen molar-refractivity contribution in [1.29, 1.82) is 0 Å². The van der Waals surface area contributed by atoms with Crippen molar-refractivity contribution in [2.45, 2.75) is 31.3 Å². The molecular formula is C14H16N4O2. The second-order valence-corrected chi connectivity index (χ2v) is 5.00. The largest absolute Gasteiger partial charge is 0.346 e. The molecule has 104 valence electrons. The molecule has 3 N–H and O–H groups in total. The Kier molecular flexibility index (Phi) is 3.47. The van der Waals surface area contributed by atoms with E-state index in [1.54, 1.807) is 0 Å². The van der Waals surface area contributed by atoms with Crippen LogP contribution in [0.2, 0.25) is 0 Å². The lowest BCUT2D eigenvalue weighted by Crippen LogP contribution is -2.26. The van der Waals surface area contributed by atoms with Crippen molar-refractivity contribution in [3.05, 3.63) is 47.6 Å². The molecule has 1 aliphatic carbocycles. The predicted octanol–water partition coefficient (Wildman–Crippen LogP) is 1.20. The molecular weight excluding hydrogens is 256 g/mol. The van der Waals surface area contributed by atoms with Crippen LogP contribution in [0.3, 0.4) is 0 Å². The lowest BCUT2D eigenvalue weighted by molar-refractivity contribution is 0.0937. The summed E-state index contributed by atoms with van der Waals surface area (Å²) in [6, 6.07) is 9.67. The van der Waals surface area contributed by atoms with Gasteiger partial charge in [-0.2, -0.15) is 4.98 Å². The smallest absolute Gasteiger partial charge is 0.292 e. The van der Waals surface area contributed by atoms with Crippen molar-refractivity contribution in [3.63, 3.8) is 0 Å². The van der Waals surface area contributed by atoms with Gasteiger partial charge in [-0.1, -0.05) is 35.5 Å². The summed E-state index contributed by atoms with van der Waals surface area (Å²) in [5.74, 6) is 0.0413. The minimum absolute atomic E-state index is 0.0513. The highest BCUT2D eigenvalue weighted by Gasteiger charge is 2.26. The van der Waals surface area contributed by atoms with Crippen LogP contribution in [0, 0.1) is 0 Å². The van der Waals surface area contributed by atoms with Gasteiger partial charge in [-0.25, -0.2) is 0 Å². The van der Waals surface area contributed by atoms with Crippen molar-refractivity contribution in [1.82, 2.24) is 15.5 Å². The monoisotopic (exact) mass is 272 g/mol. The third-order valence-electron chi connectivity index (χ3n) is 3.17. The Morgan fingerprint density at radius 1 is 1.40 bits per heavy atom. The van der Waals surface area contributed by atoms with E-state index in [-0.39, 0.29) is 23.7 Å². The van der Waals surface area contributed by atoms with E-state index in [2.05, 4.69) is 15.5 Å². The van der Waals surface area contributed by atoms with Crippen LogP contribution in [0.25, 0.3) is 0 Å². The molecule has 1 amide bonds. The Morgan fingerprint density at radius 3 is 2.85 bits per heavy atom. The molecule has 6 heteroatoms. The molecule has 3 rings (SSSR count). The van der Waals surface area contributed by atoms with E-state index in [0.717, 1.165) is 18.4 Å². The van der Waals surface area contributed by atoms with E-state index >= 15 is 0 Å². The quantitative estimate of drug-likeness (QED) is 0.853. The minimum atomic E-state index is -0.410. The molecule has 1 aromatic carbocycles. The molecule has 0 spiro atoms. The predicted molar refractivity (Wildman–Crippen MR) is 71.9 cm³/mol. The van der Waals surface area contributed by atoms with Gasteiger partial charge in [0.1, 0.15) is 0 Å². The summed E-state index contributed by atoms with van der Waals surface area (Å²) in [5, 5.41) is 6.49. The molecule has 1 atom stereocenters. The number of hydrogen-bond donors (Lipinski definition) is 2. The Balaban J connectivity index is 1.64. The summed E-state index contributed by atoms with van der Waals surface area (Å²) < 4.78 is 5.07. The first-order valence-electron chi connectivity index (χ1n) is 6.66. The second-order valence-electron chi connectivity index (χ2n) is 5.00. The highest BCUT2D eigenvalue weighted by Crippen LogP contribution is 2.19. The molecule has 0 saturated heterocycles. The van der Waals surface area contributed by atoms with Crippen molar-refractivity contribution in [2.24, 2.45) is 5.73 Å². The number of rotatable bonds is 5. The summed E-state index contributed by atoms with van der Waals surface area (Å²) >= 11 is 0. The normalized spacial score (nSPS) is 15.8. The van der Waals surface area contributed by atoms with Crippen LogP contribution in [0.1, 0.15) is 41.0 Å². The zero-order chi connectivity index (χ0) is 13.9. The van der Waals surface area contributed by atoms with Crippen LogP contribution >= 0.6 is 0 Å². The third kappa shape index (κ3) is 3.03. The maximum absolute atomic E-state index is 11.8. The van der Waals surface area contributed by atoms with E-state index in [0.29, 0.717) is 6.42 Å². The highest BCUT2D eigenvalue weighted by molar-refractivity contribution is 5.90. The molecule has 20 heavy (non-hydrogen) atoms. The number of nitrogens with zero attached hydrogens (tertiary/aromatic N) is 2. The van der Waals surface area contributed by atoms with Gasteiger partial charge in [-0.15, -0.1) is 0 Å². The van der Waals surface area contributed by atoms with E-state index in [4.69, 9.17) is 10.3 Å². The summed E-state index contributed by atoms with van der Waals surface area (Å²) in [7, 11) is 0.